The largest absolute Gasteiger partial charge is 0.337 e. The molecule has 2 heterocycles. The van der Waals surface area contributed by atoms with Crippen LogP contribution in [0.15, 0.2) is 46.3 Å². The second-order valence-electron chi connectivity index (χ2n) is 6.07. The molecule has 0 N–H and O–H groups in total. The Bertz CT molecular complexity index is 1040. The zero-order valence-corrected chi connectivity index (χ0v) is 17.3. The van der Waals surface area contributed by atoms with Crippen LogP contribution < -0.4 is 4.31 Å². The van der Waals surface area contributed by atoms with Crippen molar-refractivity contribution >= 4 is 33.0 Å². The molecule has 0 unspecified atom stereocenters. The third kappa shape index (κ3) is 4.23. The summed E-state index contributed by atoms with van der Waals surface area (Å²) in [7, 11) is -0.220. The van der Waals surface area contributed by atoms with Crippen molar-refractivity contribution in [2.75, 3.05) is 24.2 Å². The number of sulfonamides is 1. The van der Waals surface area contributed by atoms with E-state index >= 15 is 0 Å². The van der Waals surface area contributed by atoms with E-state index in [9.17, 15) is 13.2 Å². The van der Waals surface area contributed by atoms with E-state index < -0.39 is 10.0 Å². The number of hydrogen-bond donors (Lipinski definition) is 0. The zero-order valence-electron chi connectivity index (χ0n) is 15.7. The first kappa shape index (κ1) is 20.0. The molecule has 28 heavy (non-hydrogen) atoms. The van der Waals surface area contributed by atoms with Crippen LogP contribution in [0.25, 0.3) is 10.7 Å². The lowest BCUT2D eigenvalue weighted by Crippen LogP contribution is -2.28. The van der Waals surface area contributed by atoms with Crippen LogP contribution >= 0.6 is 11.3 Å². The molecule has 0 radical (unpaired) electrons. The van der Waals surface area contributed by atoms with Crippen molar-refractivity contribution in [3.05, 3.63) is 53.2 Å². The minimum Gasteiger partial charge on any atom is -0.337 e. The van der Waals surface area contributed by atoms with Crippen LogP contribution in [-0.4, -0.2) is 49.2 Å². The van der Waals surface area contributed by atoms with E-state index in [2.05, 4.69) is 10.1 Å². The Labute approximate surface area is 167 Å². The van der Waals surface area contributed by atoms with E-state index in [0.29, 0.717) is 23.0 Å². The first-order chi connectivity index (χ1) is 13.3. The van der Waals surface area contributed by atoms with Crippen LogP contribution in [0.3, 0.4) is 0 Å². The molecule has 3 rings (SSSR count). The summed E-state index contributed by atoms with van der Waals surface area (Å²) in [6.45, 7) is 1.75. The Morgan fingerprint density at radius 1 is 1.18 bits per heavy atom. The summed E-state index contributed by atoms with van der Waals surface area (Å²) >= 11 is 1.51. The molecule has 1 amide bonds. The van der Waals surface area contributed by atoms with E-state index in [1.54, 1.807) is 38.2 Å². The van der Waals surface area contributed by atoms with Gasteiger partial charge < -0.3 is 9.42 Å². The number of rotatable bonds is 7. The Balaban J connectivity index is 1.68. The second-order valence-corrected chi connectivity index (χ2v) is 9.30. The Hall–Kier alpha value is -2.72. The van der Waals surface area contributed by atoms with E-state index in [1.165, 1.54) is 27.6 Å². The fourth-order valence-electron chi connectivity index (χ4n) is 2.49. The first-order valence-electron chi connectivity index (χ1n) is 8.50. The van der Waals surface area contributed by atoms with Gasteiger partial charge >= 0.3 is 0 Å². The van der Waals surface area contributed by atoms with Crippen LogP contribution in [0.5, 0.6) is 0 Å². The third-order valence-electron chi connectivity index (χ3n) is 4.19. The summed E-state index contributed by atoms with van der Waals surface area (Å²) in [6.07, 6.45) is 0. The Morgan fingerprint density at radius 2 is 1.89 bits per heavy atom. The van der Waals surface area contributed by atoms with Gasteiger partial charge in [0.05, 0.1) is 22.9 Å². The molecule has 0 spiro atoms. The van der Waals surface area contributed by atoms with Gasteiger partial charge in [0.2, 0.25) is 21.7 Å². The van der Waals surface area contributed by atoms with E-state index in [4.69, 9.17) is 4.52 Å². The van der Waals surface area contributed by atoms with Crippen molar-refractivity contribution in [2.24, 2.45) is 0 Å². The topological polar surface area (TPSA) is 96.6 Å². The summed E-state index contributed by atoms with van der Waals surface area (Å²) in [6, 6.07) is 10.2. The summed E-state index contributed by atoms with van der Waals surface area (Å²) in [5.41, 5.74) is 0.935. The normalized spacial score (nSPS) is 11.4. The molecule has 0 saturated heterocycles. The smallest absolute Gasteiger partial charge is 0.254 e. The van der Waals surface area contributed by atoms with Gasteiger partial charge in [-0.05, 0) is 42.6 Å². The van der Waals surface area contributed by atoms with Gasteiger partial charge in [0, 0.05) is 19.7 Å². The van der Waals surface area contributed by atoms with Crippen molar-refractivity contribution in [1.82, 2.24) is 15.0 Å². The molecule has 0 atom stereocenters. The van der Waals surface area contributed by atoms with Crippen LogP contribution in [0.1, 0.15) is 23.2 Å². The summed E-state index contributed by atoms with van der Waals surface area (Å²) in [5, 5.41) is 5.85. The summed E-state index contributed by atoms with van der Waals surface area (Å²) in [5.74, 6) is 0.605. The number of thiophene rings is 1. The molecule has 0 fully saturated rings. The minimum absolute atomic E-state index is 0.00453. The maximum Gasteiger partial charge on any atom is 0.254 e. The predicted molar refractivity (Wildman–Crippen MR) is 108 cm³/mol. The van der Waals surface area contributed by atoms with E-state index in [0.717, 1.165) is 4.88 Å². The summed E-state index contributed by atoms with van der Waals surface area (Å²) in [4.78, 5) is 19.3. The molecule has 0 aliphatic carbocycles. The molecule has 10 heteroatoms. The van der Waals surface area contributed by atoms with Crippen molar-refractivity contribution in [3.8, 4) is 10.7 Å². The summed E-state index contributed by atoms with van der Waals surface area (Å²) < 4.78 is 30.3. The fraction of sp³-hybridized carbons (Fsp3) is 0.278. The van der Waals surface area contributed by atoms with Crippen molar-refractivity contribution in [2.45, 2.75) is 13.5 Å². The monoisotopic (exact) mass is 420 g/mol. The first-order valence-corrected chi connectivity index (χ1v) is 11.0. The highest BCUT2D eigenvalue weighted by Crippen LogP contribution is 2.22. The third-order valence-corrected chi connectivity index (χ3v) is 6.83. The number of nitrogens with zero attached hydrogens (tertiary/aromatic N) is 4. The molecular weight excluding hydrogens is 400 g/mol. The van der Waals surface area contributed by atoms with Gasteiger partial charge in [0.25, 0.3) is 5.91 Å². The average Bonchev–Trinajstić information content (AvgIpc) is 3.38. The number of amides is 1. The Morgan fingerprint density at radius 3 is 2.50 bits per heavy atom. The average molecular weight is 421 g/mol. The van der Waals surface area contributed by atoms with Gasteiger partial charge in [-0.1, -0.05) is 11.2 Å². The van der Waals surface area contributed by atoms with Crippen molar-refractivity contribution in [1.29, 1.82) is 0 Å². The van der Waals surface area contributed by atoms with Crippen LogP contribution in [-0.2, 0) is 16.6 Å². The van der Waals surface area contributed by atoms with Gasteiger partial charge in [-0.25, -0.2) is 8.42 Å². The molecule has 0 aliphatic heterocycles. The maximum atomic E-state index is 12.6. The molecule has 148 valence electrons. The second kappa shape index (κ2) is 8.11. The number of benzene rings is 1. The number of carbonyl (C=O) groups excluding carboxylic acids is 1. The standard InChI is InChI=1S/C18H20N4O4S2/c1-4-28(24,25)22(3)14-9-7-13(8-10-14)18(23)21(2)12-16-19-17(20-26-16)15-6-5-11-27-15/h5-11H,4,12H2,1-3H3. The number of anilines is 1. The van der Waals surface area contributed by atoms with E-state index in [-0.39, 0.29) is 18.2 Å². The molecule has 2 aromatic heterocycles. The lowest BCUT2D eigenvalue weighted by molar-refractivity contribution is 0.0769. The minimum atomic E-state index is -3.35. The van der Waals surface area contributed by atoms with Crippen LogP contribution in [0.2, 0.25) is 0 Å². The lowest BCUT2D eigenvalue weighted by Gasteiger charge is -2.19. The molecule has 0 aliphatic rings. The fourth-order valence-corrected chi connectivity index (χ4v) is 3.97. The highest BCUT2D eigenvalue weighted by molar-refractivity contribution is 7.92. The van der Waals surface area contributed by atoms with Crippen LogP contribution in [0, 0.1) is 0 Å². The highest BCUT2D eigenvalue weighted by Gasteiger charge is 2.19. The molecule has 1 aromatic carbocycles. The number of hydrogen-bond acceptors (Lipinski definition) is 7. The maximum absolute atomic E-state index is 12.6. The Kier molecular flexibility index (Phi) is 5.80. The molecule has 8 nitrogen and oxygen atoms in total. The molecule has 0 saturated carbocycles. The quantitative estimate of drug-likeness (QED) is 0.583. The van der Waals surface area contributed by atoms with Gasteiger partial charge in [-0.2, -0.15) is 4.98 Å². The molecular formula is C18H20N4O4S2. The zero-order chi connectivity index (χ0) is 20.3. The lowest BCUT2D eigenvalue weighted by atomic mass is 10.2. The van der Waals surface area contributed by atoms with Gasteiger partial charge in [0.1, 0.15) is 0 Å². The van der Waals surface area contributed by atoms with Crippen molar-refractivity contribution < 1.29 is 17.7 Å². The van der Waals surface area contributed by atoms with Crippen molar-refractivity contribution in [3.63, 3.8) is 0 Å². The predicted octanol–water partition coefficient (Wildman–Crippen LogP) is 2.86. The molecule has 3 aromatic rings. The van der Waals surface area contributed by atoms with Gasteiger partial charge in [0.15, 0.2) is 0 Å². The van der Waals surface area contributed by atoms with Crippen LogP contribution in [0.4, 0.5) is 5.69 Å². The van der Waals surface area contributed by atoms with Gasteiger partial charge in [-0.3, -0.25) is 9.10 Å². The van der Waals surface area contributed by atoms with Gasteiger partial charge in [-0.15, -0.1) is 11.3 Å². The SMILES string of the molecule is CCS(=O)(=O)N(C)c1ccc(C(=O)N(C)Cc2nc(-c3cccs3)no2)cc1. The number of aromatic nitrogens is 2. The number of carbonyl (C=O) groups is 1. The van der Waals surface area contributed by atoms with E-state index in [1.807, 2.05) is 17.5 Å². The highest BCUT2D eigenvalue weighted by atomic mass is 32.2. The molecule has 0 bridgehead atoms.